The second kappa shape index (κ2) is 17.5. The molecular formula is C51H55N3O8S2. The second-order valence-corrected chi connectivity index (χ2v) is 21.2. The van der Waals surface area contributed by atoms with E-state index in [0.717, 1.165) is 83.5 Å². The third kappa shape index (κ3) is 8.57. The molecule has 334 valence electrons. The summed E-state index contributed by atoms with van der Waals surface area (Å²) in [6.07, 6.45) is 4.81. The monoisotopic (exact) mass is 901 g/mol. The summed E-state index contributed by atoms with van der Waals surface area (Å²) in [6.45, 7) is 7.29. The Hall–Kier alpha value is -5.50. The van der Waals surface area contributed by atoms with Crippen molar-refractivity contribution in [3.63, 3.8) is 0 Å². The highest BCUT2D eigenvalue weighted by Gasteiger charge is 2.47. The molecule has 2 amide bonds. The van der Waals surface area contributed by atoms with Gasteiger partial charge in [-0.1, -0.05) is 50.2 Å². The molecule has 5 aromatic carbocycles. The first-order valence-corrected chi connectivity index (χ1v) is 23.9. The van der Waals surface area contributed by atoms with E-state index >= 15 is 0 Å². The lowest BCUT2D eigenvalue weighted by molar-refractivity contribution is 0.0973. The van der Waals surface area contributed by atoms with Crippen molar-refractivity contribution in [2.75, 3.05) is 35.9 Å². The number of methoxy groups -OCH3 is 1. The lowest BCUT2D eigenvalue weighted by Crippen LogP contribution is -2.47. The smallest absolute Gasteiger partial charge is 0.272 e. The van der Waals surface area contributed by atoms with Gasteiger partial charge in [0.25, 0.3) is 21.9 Å². The summed E-state index contributed by atoms with van der Waals surface area (Å²) in [4.78, 5) is 32.0. The first-order chi connectivity index (χ1) is 30.7. The van der Waals surface area contributed by atoms with E-state index in [0.29, 0.717) is 40.4 Å². The van der Waals surface area contributed by atoms with E-state index in [9.17, 15) is 18.0 Å². The average molecular weight is 902 g/mol. The van der Waals surface area contributed by atoms with Crippen LogP contribution in [0.25, 0.3) is 0 Å². The molecule has 64 heavy (non-hydrogen) atoms. The van der Waals surface area contributed by atoms with Crippen LogP contribution < -0.4 is 29.3 Å². The van der Waals surface area contributed by atoms with Crippen LogP contribution in [0.2, 0.25) is 0 Å². The van der Waals surface area contributed by atoms with Crippen LogP contribution in [-0.4, -0.2) is 63.1 Å². The van der Waals surface area contributed by atoms with Gasteiger partial charge in [0.1, 0.15) is 24.2 Å². The number of aryl methyl sites for hydroxylation is 2. The Bertz CT molecular complexity index is 2750. The molecule has 1 N–H and O–H groups in total. The van der Waals surface area contributed by atoms with Crippen LogP contribution in [-0.2, 0) is 53.2 Å². The molecule has 0 aliphatic carbocycles. The first-order valence-electron chi connectivity index (χ1n) is 22.0. The van der Waals surface area contributed by atoms with Gasteiger partial charge in [0.2, 0.25) is 0 Å². The van der Waals surface area contributed by atoms with Crippen LogP contribution in [0.1, 0.15) is 92.8 Å². The number of rotatable bonds is 14. The third-order valence-corrected chi connectivity index (χ3v) is 15.0. The number of benzene rings is 5. The summed E-state index contributed by atoms with van der Waals surface area (Å²) in [5.74, 6) is 1.37. The lowest BCUT2D eigenvalue weighted by atomic mass is 9.97. The summed E-state index contributed by atoms with van der Waals surface area (Å²) in [5.41, 5.74) is 9.95. The lowest BCUT2D eigenvalue weighted by Gasteiger charge is -2.28. The van der Waals surface area contributed by atoms with E-state index in [-0.39, 0.29) is 42.2 Å². The molecule has 3 atom stereocenters. The number of fused-ring (bicyclic) bond motifs is 8. The summed E-state index contributed by atoms with van der Waals surface area (Å²) in [7, 11) is -1.25. The maximum atomic E-state index is 14.3. The average Bonchev–Trinajstić information content (AvgIpc) is 3.78. The zero-order chi connectivity index (χ0) is 44.9. The number of amides is 2. The molecule has 4 heterocycles. The Labute approximate surface area is 381 Å². The number of anilines is 3. The van der Waals surface area contributed by atoms with E-state index in [1.54, 1.807) is 12.0 Å². The van der Waals surface area contributed by atoms with Crippen molar-refractivity contribution in [1.82, 2.24) is 0 Å². The highest BCUT2D eigenvalue weighted by molar-refractivity contribution is 7.87. The normalized spacial score (nSPS) is 18.8. The number of thiol groups is 1. The summed E-state index contributed by atoms with van der Waals surface area (Å²) < 4.78 is 50.9. The molecule has 13 heteroatoms. The van der Waals surface area contributed by atoms with E-state index in [1.165, 1.54) is 12.7 Å². The standard InChI is InChI=1S/C51H55N3O8S2/c1-31-19-40-37(27-48(64(57,58)60-5)44-24-36-12-7-9-14-43(36)54(44)50(40)56)26-45(31)61-29-32-20-33(22-38(21-32)52-18-10-17-51(2,3)63)30-62-47-25-34-15-16-39-23-35-11-6-8-13-42(35)53(39)49(55)41(34)28-46(47)59-4/h6-9,11-14,19-22,25-26,28,39,44,48,52,63H,10,15-18,23-24,27,29-30H2,1-5H3/t39-,44+,48?/m1/s1. The zero-order valence-corrected chi connectivity index (χ0v) is 38.7. The van der Waals surface area contributed by atoms with Gasteiger partial charge in [-0.15, -0.1) is 0 Å². The fraction of sp³-hybridized carbons (Fsp3) is 0.373. The van der Waals surface area contributed by atoms with Gasteiger partial charge in [-0.2, -0.15) is 21.0 Å². The van der Waals surface area contributed by atoms with E-state index in [4.69, 9.17) is 31.0 Å². The van der Waals surface area contributed by atoms with Crippen molar-refractivity contribution in [3.8, 4) is 17.2 Å². The van der Waals surface area contributed by atoms with Crippen molar-refractivity contribution < 1.29 is 36.4 Å². The fourth-order valence-corrected chi connectivity index (χ4v) is 11.3. The van der Waals surface area contributed by atoms with Gasteiger partial charge < -0.3 is 29.3 Å². The second-order valence-electron chi connectivity index (χ2n) is 18.1. The number of para-hydroxylation sites is 2. The minimum Gasteiger partial charge on any atom is -0.493 e. The van der Waals surface area contributed by atoms with Crippen molar-refractivity contribution in [3.05, 3.63) is 141 Å². The summed E-state index contributed by atoms with van der Waals surface area (Å²) >= 11 is 4.71. The summed E-state index contributed by atoms with van der Waals surface area (Å²) in [6, 6.07) is 28.8. The number of carbonyl (C=O) groups excluding carboxylic acids is 2. The molecule has 1 unspecified atom stereocenters. The molecular weight excluding hydrogens is 847 g/mol. The minimum absolute atomic E-state index is 0.0146. The summed E-state index contributed by atoms with van der Waals surface area (Å²) in [5, 5.41) is 2.61. The maximum Gasteiger partial charge on any atom is 0.272 e. The molecule has 4 aliphatic heterocycles. The first kappa shape index (κ1) is 43.7. The predicted octanol–water partition coefficient (Wildman–Crippen LogP) is 9.05. The third-order valence-electron chi connectivity index (χ3n) is 13.1. The van der Waals surface area contributed by atoms with Gasteiger partial charge in [-0.05, 0) is 145 Å². The molecule has 0 saturated carbocycles. The molecule has 0 saturated heterocycles. The predicted molar refractivity (Wildman–Crippen MR) is 253 cm³/mol. The van der Waals surface area contributed by atoms with E-state index < -0.39 is 21.4 Å². The Balaban J connectivity index is 0.972. The number of hydrogen-bond donors (Lipinski definition) is 2. The Morgan fingerprint density at radius 3 is 2.05 bits per heavy atom. The van der Waals surface area contributed by atoms with Crippen LogP contribution in [0.4, 0.5) is 17.1 Å². The zero-order valence-electron chi connectivity index (χ0n) is 37.0. The molecule has 9 rings (SSSR count). The quantitative estimate of drug-likeness (QED) is 0.0639. The van der Waals surface area contributed by atoms with Crippen molar-refractivity contribution in [2.45, 2.75) is 101 Å². The highest BCUT2D eigenvalue weighted by atomic mass is 32.2. The van der Waals surface area contributed by atoms with Crippen LogP contribution >= 0.6 is 12.6 Å². The van der Waals surface area contributed by atoms with Gasteiger partial charge in [0, 0.05) is 45.5 Å². The topological polar surface area (TPSA) is 124 Å². The van der Waals surface area contributed by atoms with Crippen LogP contribution in [0, 0.1) is 6.92 Å². The van der Waals surface area contributed by atoms with Gasteiger partial charge in [0.15, 0.2) is 11.5 Å². The van der Waals surface area contributed by atoms with Crippen molar-refractivity contribution in [1.29, 1.82) is 0 Å². The molecule has 11 nitrogen and oxygen atoms in total. The van der Waals surface area contributed by atoms with Gasteiger partial charge in [0.05, 0.1) is 20.3 Å². The molecule has 4 aliphatic rings. The van der Waals surface area contributed by atoms with Crippen LogP contribution in [0.3, 0.4) is 0 Å². The van der Waals surface area contributed by atoms with E-state index in [1.807, 2.05) is 84.6 Å². The van der Waals surface area contributed by atoms with Crippen LogP contribution in [0.15, 0.2) is 91.0 Å². The Morgan fingerprint density at radius 2 is 1.36 bits per heavy atom. The number of ether oxygens (including phenoxy) is 3. The molecule has 5 aromatic rings. The van der Waals surface area contributed by atoms with Crippen molar-refractivity contribution >= 4 is 51.6 Å². The van der Waals surface area contributed by atoms with Crippen molar-refractivity contribution in [2.24, 2.45) is 0 Å². The van der Waals surface area contributed by atoms with Gasteiger partial charge >= 0.3 is 0 Å². The number of carbonyl (C=O) groups is 2. The highest BCUT2D eigenvalue weighted by Crippen LogP contribution is 2.43. The number of nitrogens with one attached hydrogen (secondary N) is 1. The number of nitrogens with zero attached hydrogens (tertiary/aromatic N) is 2. The Morgan fingerprint density at radius 1 is 0.734 bits per heavy atom. The minimum atomic E-state index is -4.02. The van der Waals surface area contributed by atoms with E-state index in [2.05, 4.69) is 37.4 Å². The molecule has 0 bridgehead atoms. The van der Waals surface area contributed by atoms with Gasteiger partial charge in [-0.3, -0.25) is 13.8 Å². The molecule has 0 radical (unpaired) electrons. The molecule has 0 spiro atoms. The van der Waals surface area contributed by atoms with Crippen LogP contribution in [0.5, 0.6) is 17.2 Å². The Kier molecular flexibility index (Phi) is 11.9. The molecule has 0 fully saturated rings. The van der Waals surface area contributed by atoms with Gasteiger partial charge in [-0.25, -0.2) is 0 Å². The maximum absolute atomic E-state index is 14.3. The fourth-order valence-electron chi connectivity index (χ4n) is 9.93. The largest absolute Gasteiger partial charge is 0.493 e. The number of hydrogen-bond acceptors (Lipinski definition) is 10. The molecule has 0 aromatic heterocycles. The SMILES string of the molecule is COc1cc2c(cc1OCc1cc(COc3cc4c(cc3C)C(=O)N3c5ccccc5C[C@H]3C(S(=O)(=O)OC)C4)cc(NCCCC(C)(C)S)c1)CC[C@@H]1Cc3ccccc3N1C2=O.